The van der Waals surface area contributed by atoms with Gasteiger partial charge in [0.15, 0.2) is 0 Å². The lowest BCUT2D eigenvalue weighted by Gasteiger charge is -2.19. The van der Waals surface area contributed by atoms with Crippen molar-refractivity contribution in [1.82, 2.24) is 4.98 Å². The summed E-state index contributed by atoms with van der Waals surface area (Å²) in [4.78, 5) is 4.53. The van der Waals surface area contributed by atoms with Crippen LogP contribution in [-0.4, -0.2) is 13.1 Å². The first-order chi connectivity index (χ1) is 11.4. The Kier molecular flexibility index (Phi) is 4.37. The number of benzene rings is 2. The molecule has 3 heteroatoms. The minimum absolute atomic E-state index is 0.232. The Hall–Kier alpha value is -2.26. The van der Waals surface area contributed by atoms with Crippen molar-refractivity contribution in [2.45, 2.75) is 26.6 Å². The molecule has 0 aliphatic rings. The summed E-state index contributed by atoms with van der Waals surface area (Å²) < 4.78 is 14.7. The molecule has 1 heterocycles. The molecule has 1 nitrogen and oxygen atoms in total. The molecule has 0 bridgehead atoms. The normalized spacial score (nSPS) is 11.5. The van der Waals surface area contributed by atoms with Gasteiger partial charge < -0.3 is 0 Å². The second-order valence-corrected chi connectivity index (χ2v) is 12.2. The number of hydrogen-bond acceptors (Lipinski definition) is 1. The van der Waals surface area contributed by atoms with Gasteiger partial charge in [-0.2, -0.15) is 0 Å². The van der Waals surface area contributed by atoms with Gasteiger partial charge in [-0.1, -0.05) is 56.0 Å². The van der Waals surface area contributed by atoms with E-state index in [0.29, 0.717) is 11.3 Å². The molecule has 0 saturated carbocycles. The van der Waals surface area contributed by atoms with Gasteiger partial charge in [-0.05, 0) is 47.0 Å². The second-order valence-electron chi connectivity index (χ2n) is 7.20. The van der Waals surface area contributed by atoms with Crippen molar-refractivity contribution in [2.75, 3.05) is 0 Å². The average molecular weight is 335 g/mol. The summed E-state index contributed by atoms with van der Waals surface area (Å²) in [6.07, 6.45) is 1.93. The zero-order chi connectivity index (χ0) is 17.3. The Morgan fingerprint density at radius 3 is 2.17 bits per heavy atom. The van der Waals surface area contributed by atoms with Gasteiger partial charge in [0.25, 0.3) is 0 Å². The summed E-state index contributed by atoms with van der Waals surface area (Å²) in [7, 11) is -1.42. The van der Waals surface area contributed by atoms with Crippen molar-refractivity contribution in [3.8, 4) is 22.4 Å². The van der Waals surface area contributed by atoms with E-state index in [1.165, 1.54) is 10.8 Å². The maximum atomic E-state index is 14.7. The van der Waals surface area contributed by atoms with E-state index in [-0.39, 0.29) is 5.82 Å². The highest BCUT2D eigenvalue weighted by Gasteiger charge is 2.20. The lowest BCUT2D eigenvalue weighted by atomic mass is 10.0. The molecule has 24 heavy (non-hydrogen) atoms. The molecule has 0 radical (unpaired) electrons. The van der Waals surface area contributed by atoms with Crippen LogP contribution in [0.25, 0.3) is 22.4 Å². The molecule has 0 atom stereocenters. The first-order valence-corrected chi connectivity index (χ1v) is 11.7. The van der Waals surface area contributed by atoms with E-state index < -0.39 is 8.07 Å². The Morgan fingerprint density at radius 1 is 0.875 bits per heavy atom. The highest BCUT2D eigenvalue weighted by Crippen LogP contribution is 2.27. The molecule has 3 aromatic rings. The molecule has 122 valence electrons. The van der Waals surface area contributed by atoms with E-state index in [0.717, 1.165) is 11.1 Å². The zero-order valence-electron chi connectivity index (χ0n) is 14.6. The lowest BCUT2D eigenvalue weighted by molar-refractivity contribution is 0.631. The van der Waals surface area contributed by atoms with E-state index in [1.807, 2.05) is 54.7 Å². The first kappa shape index (κ1) is 16.6. The smallest absolute Gasteiger partial charge is 0.133 e. The minimum Gasteiger partial charge on any atom is -0.256 e. The van der Waals surface area contributed by atoms with E-state index in [4.69, 9.17) is 0 Å². The average Bonchev–Trinajstić information content (AvgIpc) is 2.54. The highest BCUT2D eigenvalue weighted by molar-refractivity contribution is 6.89. The van der Waals surface area contributed by atoms with E-state index >= 15 is 0 Å². The number of halogens is 1. The summed E-state index contributed by atoms with van der Waals surface area (Å²) in [6.45, 7) is 8.98. The number of pyridine rings is 1. The number of nitrogens with zero attached hydrogens (tertiary/aromatic N) is 1. The van der Waals surface area contributed by atoms with Gasteiger partial charge in [-0.15, -0.1) is 0 Å². The van der Waals surface area contributed by atoms with Crippen LogP contribution in [0.4, 0.5) is 4.39 Å². The van der Waals surface area contributed by atoms with Crippen LogP contribution >= 0.6 is 0 Å². The molecule has 0 unspecified atom stereocenters. The van der Waals surface area contributed by atoms with Gasteiger partial charge in [-0.25, -0.2) is 4.39 Å². The third-order valence-electron chi connectivity index (χ3n) is 4.27. The Labute approximate surface area is 144 Å². The van der Waals surface area contributed by atoms with Crippen LogP contribution in [0.1, 0.15) is 5.56 Å². The molecule has 3 rings (SSSR count). The molecule has 0 amide bonds. The molecule has 0 fully saturated rings. The fourth-order valence-corrected chi connectivity index (χ4v) is 4.73. The van der Waals surface area contributed by atoms with Crippen LogP contribution in [0.2, 0.25) is 19.6 Å². The van der Waals surface area contributed by atoms with Gasteiger partial charge in [0.05, 0.1) is 13.8 Å². The molecule has 0 aliphatic carbocycles. The van der Waals surface area contributed by atoms with E-state index in [2.05, 4.69) is 31.5 Å². The molecule has 2 aromatic carbocycles. The van der Waals surface area contributed by atoms with Crippen LogP contribution in [0.15, 0.2) is 60.8 Å². The zero-order valence-corrected chi connectivity index (χ0v) is 15.6. The number of aryl methyl sites for hydroxylation is 1. The fraction of sp³-hybridized carbons (Fsp3) is 0.190. The highest BCUT2D eigenvalue weighted by atomic mass is 28.3. The largest absolute Gasteiger partial charge is 0.256 e. The lowest BCUT2D eigenvalue weighted by Crippen LogP contribution is -2.39. The van der Waals surface area contributed by atoms with Crippen LogP contribution < -0.4 is 5.19 Å². The van der Waals surface area contributed by atoms with Crippen LogP contribution in [0.5, 0.6) is 0 Å². The molecule has 0 spiro atoms. The van der Waals surface area contributed by atoms with Crippen LogP contribution in [-0.2, 0) is 0 Å². The SMILES string of the molecule is Cc1cc(-c2ccc(-c3ccccc3)cc2F)ncc1[Si](C)(C)C. The summed E-state index contributed by atoms with van der Waals surface area (Å²) >= 11 is 0. The van der Waals surface area contributed by atoms with Crippen molar-refractivity contribution in [2.24, 2.45) is 0 Å². The van der Waals surface area contributed by atoms with Gasteiger partial charge >= 0.3 is 0 Å². The predicted molar refractivity (Wildman–Crippen MR) is 103 cm³/mol. The molecule has 0 saturated heterocycles. The van der Waals surface area contributed by atoms with E-state index in [9.17, 15) is 4.39 Å². The number of hydrogen-bond donors (Lipinski definition) is 0. The van der Waals surface area contributed by atoms with Gasteiger partial charge in [0, 0.05) is 11.8 Å². The maximum Gasteiger partial charge on any atom is 0.133 e. The Balaban J connectivity index is 2.00. The summed E-state index contributed by atoms with van der Waals surface area (Å²) in [5.74, 6) is -0.232. The third-order valence-corrected chi connectivity index (χ3v) is 6.41. The Morgan fingerprint density at radius 2 is 1.58 bits per heavy atom. The summed E-state index contributed by atoms with van der Waals surface area (Å²) in [6, 6.07) is 17.2. The standard InChI is InChI=1S/C21H22FNSi/c1-15-12-20(23-14-21(15)24(2,3)4)18-11-10-17(13-19(18)22)16-8-6-5-7-9-16/h5-14H,1-4H3. The first-order valence-electron chi connectivity index (χ1n) is 8.19. The molecule has 1 aromatic heterocycles. The summed E-state index contributed by atoms with van der Waals surface area (Å²) in [5.41, 5.74) is 4.35. The van der Waals surface area contributed by atoms with Crippen molar-refractivity contribution < 1.29 is 4.39 Å². The quantitative estimate of drug-likeness (QED) is 0.583. The minimum atomic E-state index is -1.42. The van der Waals surface area contributed by atoms with Crippen LogP contribution in [0.3, 0.4) is 0 Å². The Bertz CT molecular complexity index is 867. The van der Waals surface area contributed by atoms with Crippen molar-refractivity contribution in [3.63, 3.8) is 0 Å². The van der Waals surface area contributed by atoms with Crippen molar-refractivity contribution >= 4 is 13.3 Å². The van der Waals surface area contributed by atoms with Gasteiger partial charge in [-0.3, -0.25) is 4.98 Å². The number of rotatable bonds is 3. The monoisotopic (exact) mass is 335 g/mol. The van der Waals surface area contributed by atoms with Gasteiger partial charge in [0.2, 0.25) is 0 Å². The fourth-order valence-electron chi connectivity index (χ4n) is 3.02. The van der Waals surface area contributed by atoms with Crippen LogP contribution in [0, 0.1) is 12.7 Å². The van der Waals surface area contributed by atoms with Crippen molar-refractivity contribution in [1.29, 1.82) is 0 Å². The summed E-state index contributed by atoms with van der Waals surface area (Å²) in [5, 5.41) is 1.33. The van der Waals surface area contributed by atoms with Crippen molar-refractivity contribution in [3.05, 3.63) is 72.2 Å². The van der Waals surface area contributed by atoms with E-state index in [1.54, 1.807) is 6.07 Å². The number of aromatic nitrogens is 1. The molecular formula is C21H22FNSi. The maximum absolute atomic E-state index is 14.7. The molecule has 0 N–H and O–H groups in total. The molecule has 0 aliphatic heterocycles. The third kappa shape index (κ3) is 3.31. The second kappa shape index (κ2) is 6.33. The molecular weight excluding hydrogens is 313 g/mol. The van der Waals surface area contributed by atoms with Gasteiger partial charge in [0.1, 0.15) is 5.82 Å². The topological polar surface area (TPSA) is 12.9 Å². The predicted octanol–water partition coefficient (Wildman–Crippen LogP) is 5.41.